The van der Waals surface area contributed by atoms with Crippen molar-refractivity contribution in [1.82, 2.24) is 9.97 Å². The Balaban J connectivity index is 2.08. The zero-order valence-corrected chi connectivity index (χ0v) is 16.7. The maximum Gasteiger partial charge on any atom is 0.433 e. The molecular formula is C20H14F6N3OP. The van der Waals surface area contributed by atoms with Crippen LogP contribution in [0.15, 0.2) is 54.9 Å². The van der Waals surface area contributed by atoms with Crippen molar-refractivity contribution in [3.05, 3.63) is 77.2 Å². The number of hydrogen-bond acceptors (Lipinski definition) is 4. The number of nitrogens with two attached hydrogens (primary N) is 1. The second-order valence-electron chi connectivity index (χ2n) is 6.60. The number of ketones is 1. The van der Waals surface area contributed by atoms with Crippen molar-refractivity contribution in [2.75, 3.05) is 0 Å². The minimum Gasteiger partial charge on any atom is -0.316 e. The van der Waals surface area contributed by atoms with Gasteiger partial charge in [0, 0.05) is 29.1 Å². The highest BCUT2D eigenvalue weighted by Gasteiger charge is 2.38. The Hall–Kier alpha value is -2.84. The van der Waals surface area contributed by atoms with Crippen LogP contribution in [0, 0.1) is 0 Å². The number of carbonyl (C=O) groups excluding carboxylic acids is 1. The van der Waals surface area contributed by atoms with E-state index in [1.807, 2.05) is 0 Å². The molecule has 0 aliphatic rings. The van der Waals surface area contributed by atoms with Crippen LogP contribution in [-0.4, -0.2) is 21.9 Å². The Labute approximate surface area is 174 Å². The van der Waals surface area contributed by atoms with Crippen molar-refractivity contribution in [2.45, 2.75) is 18.4 Å². The molecule has 0 bridgehead atoms. The molecule has 0 fully saturated rings. The summed E-state index contributed by atoms with van der Waals surface area (Å²) in [5.41, 5.74) is 3.83. The first kappa shape index (κ1) is 22.8. The molecule has 11 heteroatoms. The van der Waals surface area contributed by atoms with Crippen LogP contribution in [0.1, 0.15) is 33.2 Å². The van der Waals surface area contributed by atoms with Gasteiger partial charge in [0.1, 0.15) is 11.7 Å². The molecule has 0 aliphatic heterocycles. The summed E-state index contributed by atoms with van der Waals surface area (Å²) >= 11 is 0. The first-order valence-electron chi connectivity index (χ1n) is 8.63. The summed E-state index contributed by atoms with van der Waals surface area (Å²) in [6.07, 6.45) is -7.27. The van der Waals surface area contributed by atoms with E-state index in [1.165, 1.54) is 18.3 Å². The standard InChI is InChI=1S/C20H14F6N3OP/c21-19(22,23)16-4-1-10(8-29-16)17(30)12-5-11(15-3-2-14(31)9-28-15)6-13(7-12)18(27)20(24,25)26/h1-9,18H,27,31H2. The van der Waals surface area contributed by atoms with Crippen molar-refractivity contribution in [3.8, 4) is 11.3 Å². The normalized spacial score (nSPS) is 13.2. The molecule has 1 aromatic carbocycles. The molecule has 0 radical (unpaired) electrons. The van der Waals surface area contributed by atoms with E-state index < -0.39 is 29.9 Å². The fourth-order valence-electron chi connectivity index (χ4n) is 2.74. The Kier molecular flexibility index (Phi) is 6.16. The third-order valence-corrected chi connectivity index (χ3v) is 4.67. The molecule has 31 heavy (non-hydrogen) atoms. The van der Waals surface area contributed by atoms with E-state index in [0.29, 0.717) is 11.8 Å². The van der Waals surface area contributed by atoms with Gasteiger partial charge in [0.05, 0.1) is 5.69 Å². The first-order valence-corrected chi connectivity index (χ1v) is 9.21. The van der Waals surface area contributed by atoms with Gasteiger partial charge in [-0.1, -0.05) is 6.07 Å². The van der Waals surface area contributed by atoms with Crippen LogP contribution in [0.25, 0.3) is 11.3 Å². The summed E-state index contributed by atoms with van der Waals surface area (Å²) in [4.78, 5) is 20.2. The number of rotatable bonds is 4. The Bertz CT molecular complexity index is 1100. The number of alkyl halides is 6. The molecule has 0 amide bonds. The zero-order valence-electron chi connectivity index (χ0n) is 15.5. The highest BCUT2D eigenvalue weighted by atomic mass is 31.0. The lowest BCUT2D eigenvalue weighted by atomic mass is 9.95. The van der Waals surface area contributed by atoms with Gasteiger partial charge in [-0.3, -0.25) is 14.8 Å². The minimum absolute atomic E-state index is 0.189. The summed E-state index contributed by atoms with van der Waals surface area (Å²) in [6, 6.07) is 5.81. The SMILES string of the molecule is NC(c1cc(C(=O)c2ccc(C(F)(F)F)nc2)cc(-c2ccc(P)cn2)c1)C(F)(F)F. The van der Waals surface area contributed by atoms with Crippen LogP contribution in [-0.2, 0) is 6.18 Å². The van der Waals surface area contributed by atoms with Gasteiger partial charge in [-0.15, -0.1) is 9.24 Å². The molecule has 2 aromatic heterocycles. The summed E-state index contributed by atoms with van der Waals surface area (Å²) in [5, 5.41) is 0.735. The van der Waals surface area contributed by atoms with Crippen LogP contribution in [0.5, 0.6) is 0 Å². The molecule has 4 nitrogen and oxygen atoms in total. The van der Waals surface area contributed by atoms with E-state index in [-0.39, 0.29) is 22.3 Å². The zero-order chi connectivity index (χ0) is 23.0. The van der Waals surface area contributed by atoms with E-state index in [4.69, 9.17) is 5.73 Å². The van der Waals surface area contributed by atoms with Crippen molar-refractivity contribution < 1.29 is 31.1 Å². The van der Waals surface area contributed by atoms with Gasteiger partial charge in [-0.2, -0.15) is 26.3 Å². The maximum absolute atomic E-state index is 13.2. The molecule has 3 aromatic rings. The maximum atomic E-state index is 13.2. The summed E-state index contributed by atoms with van der Waals surface area (Å²) in [5.74, 6) is -0.804. The number of halogens is 6. The smallest absolute Gasteiger partial charge is 0.316 e. The predicted molar refractivity (Wildman–Crippen MR) is 105 cm³/mol. The molecule has 0 saturated carbocycles. The molecule has 2 N–H and O–H groups in total. The largest absolute Gasteiger partial charge is 0.433 e. The topological polar surface area (TPSA) is 68.9 Å². The molecule has 0 aliphatic carbocycles. The fourth-order valence-corrected chi connectivity index (χ4v) is 2.91. The van der Waals surface area contributed by atoms with E-state index in [0.717, 1.165) is 23.6 Å². The van der Waals surface area contributed by atoms with Crippen molar-refractivity contribution in [1.29, 1.82) is 0 Å². The first-order chi connectivity index (χ1) is 14.4. The number of aromatic nitrogens is 2. The third-order valence-electron chi connectivity index (χ3n) is 4.33. The molecule has 2 heterocycles. The second-order valence-corrected chi connectivity index (χ2v) is 7.27. The average molecular weight is 457 g/mol. The van der Waals surface area contributed by atoms with Crippen LogP contribution < -0.4 is 11.0 Å². The fraction of sp³-hybridized carbons (Fsp3) is 0.150. The van der Waals surface area contributed by atoms with Crippen LogP contribution >= 0.6 is 9.24 Å². The van der Waals surface area contributed by atoms with Crippen LogP contribution in [0.2, 0.25) is 0 Å². The molecule has 0 spiro atoms. The molecule has 3 rings (SSSR count). The highest BCUT2D eigenvalue weighted by molar-refractivity contribution is 7.27. The van der Waals surface area contributed by atoms with E-state index in [9.17, 15) is 31.1 Å². The van der Waals surface area contributed by atoms with Gasteiger partial charge in [0.2, 0.25) is 0 Å². The van der Waals surface area contributed by atoms with Crippen molar-refractivity contribution in [3.63, 3.8) is 0 Å². The van der Waals surface area contributed by atoms with Gasteiger partial charge in [-0.05, 0) is 47.3 Å². The van der Waals surface area contributed by atoms with E-state index >= 15 is 0 Å². The number of pyridine rings is 2. The molecule has 2 unspecified atom stereocenters. The number of hydrogen-bond donors (Lipinski definition) is 1. The Morgan fingerprint density at radius 2 is 1.61 bits per heavy atom. The monoisotopic (exact) mass is 457 g/mol. The lowest BCUT2D eigenvalue weighted by molar-refractivity contribution is -0.149. The van der Waals surface area contributed by atoms with E-state index in [1.54, 1.807) is 12.1 Å². The second kappa shape index (κ2) is 8.36. The van der Waals surface area contributed by atoms with Crippen LogP contribution in [0.3, 0.4) is 0 Å². The van der Waals surface area contributed by atoms with Gasteiger partial charge in [0.15, 0.2) is 5.78 Å². The molecular weight excluding hydrogens is 443 g/mol. The number of carbonyl (C=O) groups is 1. The quantitative estimate of drug-likeness (QED) is 0.357. The van der Waals surface area contributed by atoms with E-state index in [2.05, 4.69) is 19.2 Å². The predicted octanol–water partition coefficient (Wildman–Crippen LogP) is 4.46. The Morgan fingerprint density at radius 1 is 0.903 bits per heavy atom. The van der Waals surface area contributed by atoms with Gasteiger partial charge in [0.25, 0.3) is 0 Å². The van der Waals surface area contributed by atoms with Crippen molar-refractivity contribution in [2.24, 2.45) is 5.73 Å². The average Bonchev–Trinajstić information content (AvgIpc) is 2.71. The van der Waals surface area contributed by atoms with Crippen LogP contribution in [0.4, 0.5) is 26.3 Å². The van der Waals surface area contributed by atoms with Gasteiger partial charge < -0.3 is 5.73 Å². The summed E-state index contributed by atoms with van der Waals surface area (Å²) < 4.78 is 77.6. The third kappa shape index (κ3) is 5.26. The number of benzene rings is 1. The number of nitrogens with zero attached hydrogens (tertiary/aromatic N) is 2. The molecule has 2 atom stereocenters. The van der Waals surface area contributed by atoms with Crippen molar-refractivity contribution >= 4 is 20.3 Å². The Morgan fingerprint density at radius 3 is 2.13 bits per heavy atom. The molecule has 162 valence electrons. The lowest BCUT2D eigenvalue weighted by Crippen LogP contribution is -2.28. The highest BCUT2D eigenvalue weighted by Crippen LogP contribution is 2.34. The van der Waals surface area contributed by atoms with Gasteiger partial charge >= 0.3 is 12.4 Å². The summed E-state index contributed by atoms with van der Waals surface area (Å²) in [7, 11) is 2.41. The molecule has 0 saturated heterocycles. The van der Waals surface area contributed by atoms with Gasteiger partial charge in [-0.25, -0.2) is 0 Å². The minimum atomic E-state index is -4.77. The lowest BCUT2D eigenvalue weighted by Gasteiger charge is -2.18. The summed E-state index contributed by atoms with van der Waals surface area (Å²) in [6.45, 7) is 0.